The van der Waals surface area contributed by atoms with Gasteiger partial charge in [-0.05, 0) is 18.4 Å². The Kier molecular flexibility index (Phi) is 12.3. The molecule has 0 heterocycles. The highest BCUT2D eigenvalue weighted by atomic mass is 16.6. The SMILES string of the molecule is CCCCCCCCCOC(=O)CCCC(=O)OCc1cccc([N+](=O)[O-])c1. The van der Waals surface area contributed by atoms with E-state index in [0.29, 0.717) is 18.6 Å². The Labute approximate surface area is 166 Å². The minimum Gasteiger partial charge on any atom is -0.466 e. The average molecular weight is 393 g/mol. The third-order valence-electron chi connectivity index (χ3n) is 4.29. The number of nitro benzene ring substituents is 1. The molecule has 0 saturated carbocycles. The molecule has 0 unspecified atom stereocenters. The summed E-state index contributed by atoms with van der Waals surface area (Å²) in [6.07, 6.45) is 8.81. The molecule has 0 aliphatic rings. The fourth-order valence-corrected chi connectivity index (χ4v) is 2.69. The van der Waals surface area contributed by atoms with E-state index < -0.39 is 10.9 Å². The van der Waals surface area contributed by atoms with E-state index in [2.05, 4.69) is 6.92 Å². The van der Waals surface area contributed by atoms with Crippen LogP contribution in [0.1, 0.15) is 76.7 Å². The van der Waals surface area contributed by atoms with Gasteiger partial charge in [0.05, 0.1) is 11.5 Å². The normalized spacial score (nSPS) is 10.5. The quantitative estimate of drug-likeness (QED) is 0.178. The molecule has 0 spiro atoms. The van der Waals surface area contributed by atoms with Crippen LogP contribution in [0.15, 0.2) is 24.3 Å². The molecule has 7 nitrogen and oxygen atoms in total. The van der Waals surface area contributed by atoms with Crippen LogP contribution in [0, 0.1) is 10.1 Å². The molecule has 1 aromatic carbocycles. The molecule has 0 atom stereocenters. The van der Waals surface area contributed by atoms with Gasteiger partial charge in [-0.1, -0.05) is 57.6 Å². The molecule has 0 fully saturated rings. The summed E-state index contributed by atoms with van der Waals surface area (Å²) in [6, 6.07) is 5.95. The summed E-state index contributed by atoms with van der Waals surface area (Å²) in [6.45, 7) is 2.60. The van der Waals surface area contributed by atoms with Crippen LogP contribution in [0.4, 0.5) is 5.69 Å². The minimum atomic E-state index is -0.497. The van der Waals surface area contributed by atoms with Gasteiger partial charge in [0, 0.05) is 25.0 Å². The Balaban J connectivity index is 2.05. The third-order valence-corrected chi connectivity index (χ3v) is 4.29. The summed E-state index contributed by atoms with van der Waals surface area (Å²) in [5, 5.41) is 10.7. The van der Waals surface area contributed by atoms with Crippen molar-refractivity contribution in [2.75, 3.05) is 6.61 Å². The van der Waals surface area contributed by atoms with Crippen LogP contribution in [-0.4, -0.2) is 23.5 Å². The largest absolute Gasteiger partial charge is 0.466 e. The van der Waals surface area contributed by atoms with E-state index >= 15 is 0 Å². The maximum atomic E-state index is 11.7. The van der Waals surface area contributed by atoms with Gasteiger partial charge in [0.15, 0.2) is 0 Å². The van der Waals surface area contributed by atoms with Crippen molar-refractivity contribution < 1.29 is 24.0 Å². The van der Waals surface area contributed by atoms with Crippen LogP contribution in [0.3, 0.4) is 0 Å². The number of ether oxygens (including phenoxy) is 2. The number of nitro groups is 1. The molecule has 1 rings (SSSR count). The number of carbonyl (C=O) groups excluding carboxylic acids is 2. The van der Waals surface area contributed by atoms with Crippen LogP contribution in [0.25, 0.3) is 0 Å². The van der Waals surface area contributed by atoms with Crippen molar-refractivity contribution in [3.63, 3.8) is 0 Å². The number of benzene rings is 1. The van der Waals surface area contributed by atoms with Crippen molar-refractivity contribution in [2.24, 2.45) is 0 Å². The van der Waals surface area contributed by atoms with Crippen LogP contribution in [-0.2, 0) is 25.7 Å². The lowest BCUT2D eigenvalue weighted by atomic mass is 10.1. The first-order valence-corrected chi connectivity index (χ1v) is 10.1. The number of hydrogen-bond acceptors (Lipinski definition) is 6. The molecule has 0 bridgehead atoms. The lowest BCUT2D eigenvalue weighted by molar-refractivity contribution is -0.384. The summed E-state index contributed by atoms with van der Waals surface area (Å²) < 4.78 is 10.2. The number of hydrogen-bond donors (Lipinski definition) is 0. The number of nitrogens with zero attached hydrogens (tertiary/aromatic N) is 1. The fraction of sp³-hybridized carbons (Fsp3) is 0.619. The van der Waals surface area contributed by atoms with E-state index in [4.69, 9.17) is 9.47 Å². The summed E-state index contributed by atoms with van der Waals surface area (Å²) in [7, 11) is 0. The van der Waals surface area contributed by atoms with Crippen molar-refractivity contribution >= 4 is 17.6 Å². The van der Waals surface area contributed by atoms with Gasteiger partial charge < -0.3 is 9.47 Å². The third kappa shape index (κ3) is 11.3. The highest BCUT2D eigenvalue weighted by molar-refractivity contribution is 5.72. The lowest BCUT2D eigenvalue weighted by Gasteiger charge is -2.06. The topological polar surface area (TPSA) is 95.7 Å². The number of rotatable bonds is 15. The Morgan fingerprint density at radius 2 is 1.57 bits per heavy atom. The number of non-ortho nitro benzene ring substituents is 1. The summed E-state index contributed by atoms with van der Waals surface area (Å²) >= 11 is 0. The first-order chi connectivity index (χ1) is 13.5. The molecule has 0 aliphatic carbocycles. The molecule has 0 radical (unpaired) electrons. The molecular weight excluding hydrogens is 362 g/mol. The van der Waals surface area contributed by atoms with Gasteiger partial charge in [-0.2, -0.15) is 0 Å². The molecule has 7 heteroatoms. The van der Waals surface area contributed by atoms with Crippen molar-refractivity contribution in [3.05, 3.63) is 39.9 Å². The van der Waals surface area contributed by atoms with Gasteiger partial charge in [0.25, 0.3) is 5.69 Å². The van der Waals surface area contributed by atoms with Crippen LogP contribution in [0.5, 0.6) is 0 Å². The van der Waals surface area contributed by atoms with E-state index in [1.54, 1.807) is 12.1 Å². The maximum absolute atomic E-state index is 11.7. The van der Waals surface area contributed by atoms with E-state index in [9.17, 15) is 19.7 Å². The van der Waals surface area contributed by atoms with Gasteiger partial charge in [-0.25, -0.2) is 0 Å². The maximum Gasteiger partial charge on any atom is 0.306 e. The average Bonchev–Trinajstić information content (AvgIpc) is 2.68. The van der Waals surface area contributed by atoms with E-state index in [-0.39, 0.29) is 31.1 Å². The monoisotopic (exact) mass is 393 g/mol. The molecule has 0 N–H and O–H groups in total. The number of esters is 2. The molecule has 1 aromatic rings. The first-order valence-electron chi connectivity index (χ1n) is 10.1. The Morgan fingerprint density at radius 1 is 0.929 bits per heavy atom. The Morgan fingerprint density at radius 3 is 2.25 bits per heavy atom. The van der Waals surface area contributed by atoms with Crippen molar-refractivity contribution in [2.45, 2.75) is 77.7 Å². The Bertz CT molecular complexity index is 617. The van der Waals surface area contributed by atoms with E-state index in [1.807, 2.05) is 0 Å². The summed E-state index contributed by atoms with van der Waals surface area (Å²) in [4.78, 5) is 33.6. The zero-order valence-electron chi connectivity index (χ0n) is 16.7. The van der Waals surface area contributed by atoms with Crippen molar-refractivity contribution in [3.8, 4) is 0 Å². The van der Waals surface area contributed by atoms with Crippen LogP contribution < -0.4 is 0 Å². The molecule has 0 aromatic heterocycles. The summed E-state index contributed by atoms with van der Waals surface area (Å²) in [5.74, 6) is -0.733. The zero-order chi connectivity index (χ0) is 20.6. The molecule has 0 saturated heterocycles. The van der Waals surface area contributed by atoms with E-state index in [0.717, 1.165) is 12.8 Å². The van der Waals surface area contributed by atoms with E-state index in [1.165, 1.54) is 44.2 Å². The van der Waals surface area contributed by atoms with Crippen molar-refractivity contribution in [1.29, 1.82) is 0 Å². The van der Waals surface area contributed by atoms with Crippen LogP contribution in [0.2, 0.25) is 0 Å². The lowest BCUT2D eigenvalue weighted by Crippen LogP contribution is -2.09. The van der Waals surface area contributed by atoms with Gasteiger partial charge in [-0.15, -0.1) is 0 Å². The molecule has 0 aliphatic heterocycles. The number of unbranched alkanes of at least 4 members (excludes halogenated alkanes) is 6. The molecule has 156 valence electrons. The van der Waals surface area contributed by atoms with Gasteiger partial charge >= 0.3 is 11.9 Å². The summed E-state index contributed by atoms with van der Waals surface area (Å²) in [5.41, 5.74) is 0.508. The second-order valence-electron chi connectivity index (χ2n) is 6.78. The second-order valence-corrected chi connectivity index (χ2v) is 6.78. The molecule has 28 heavy (non-hydrogen) atoms. The fourth-order valence-electron chi connectivity index (χ4n) is 2.69. The van der Waals surface area contributed by atoms with Crippen molar-refractivity contribution in [1.82, 2.24) is 0 Å². The predicted molar refractivity (Wildman–Crippen MR) is 106 cm³/mol. The van der Waals surface area contributed by atoms with Crippen LogP contribution >= 0.6 is 0 Å². The molecule has 0 amide bonds. The zero-order valence-corrected chi connectivity index (χ0v) is 16.7. The highest BCUT2D eigenvalue weighted by Crippen LogP contribution is 2.14. The van der Waals surface area contributed by atoms with Gasteiger partial charge in [0.2, 0.25) is 0 Å². The smallest absolute Gasteiger partial charge is 0.306 e. The van der Waals surface area contributed by atoms with Gasteiger partial charge in [0.1, 0.15) is 6.61 Å². The van der Waals surface area contributed by atoms with Gasteiger partial charge in [-0.3, -0.25) is 19.7 Å². The Hall–Kier alpha value is -2.44. The second kappa shape index (κ2) is 14.6. The minimum absolute atomic E-state index is 0.0246. The highest BCUT2D eigenvalue weighted by Gasteiger charge is 2.09. The standard InChI is InChI=1S/C21H31NO6/c1-2-3-4-5-6-7-8-15-27-20(23)13-10-14-21(24)28-17-18-11-9-12-19(16-18)22(25)26/h9,11-12,16H,2-8,10,13-15,17H2,1H3. The molecular formula is C21H31NO6. The predicted octanol–water partition coefficient (Wildman–Crippen LogP) is 5.10. The number of carbonyl (C=O) groups is 2. The first kappa shape index (κ1) is 23.6.